The van der Waals surface area contributed by atoms with Gasteiger partial charge in [-0.05, 0) is 12.8 Å². The van der Waals surface area contributed by atoms with Crippen LogP contribution in [0.3, 0.4) is 0 Å². The lowest BCUT2D eigenvalue weighted by Gasteiger charge is -2.42. The zero-order valence-corrected chi connectivity index (χ0v) is 42.6. The van der Waals surface area contributed by atoms with E-state index in [1.54, 1.807) is 0 Å². The molecule has 0 radical (unpaired) electrons. The Balaban J connectivity index is 1.77. The van der Waals surface area contributed by atoms with E-state index in [0.717, 1.165) is 38.5 Å². The first kappa shape index (κ1) is 62.6. The Morgan fingerprint density at radius 2 is 0.750 bits per heavy atom. The SMILES string of the molecule is CCCCCCCCCCCCCCCCCCC(=O)OC[C@@H](CO[C@@H]1O[C@H](CO[C@@H]2O[C@H](CO)[C@H](O)C(O)C2O)[C@H](O)C(O)C1O)OC(=O)CCCCCCCCCCCCCCCCCC. The molecule has 0 aliphatic carbocycles. The number of hydrogen-bond acceptors (Lipinski definition) is 15. The summed E-state index contributed by atoms with van der Waals surface area (Å²) in [5, 5.41) is 72.2. The van der Waals surface area contributed by atoms with Crippen molar-refractivity contribution in [2.75, 3.05) is 26.4 Å². The van der Waals surface area contributed by atoms with Gasteiger partial charge in [-0.15, -0.1) is 0 Å². The predicted octanol–water partition coefficient (Wildman–Crippen LogP) is 8.39. The van der Waals surface area contributed by atoms with Gasteiger partial charge in [0, 0.05) is 12.8 Å². The molecule has 15 heteroatoms. The first-order valence-corrected chi connectivity index (χ1v) is 27.6. The molecule has 2 aliphatic heterocycles. The Bertz CT molecular complexity index is 1190. The third-order valence-electron chi connectivity index (χ3n) is 13.6. The van der Waals surface area contributed by atoms with Gasteiger partial charge in [-0.25, -0.2) is 0 Å². The summed E-state index contributed by atoms with van der Waals surface area (Å²) in [4.78, 5) is 25.8. The van der Waals surface area contributed by atoms with Crippen LogP contribution in [0.4, 0.5) is 0 Å². The second-order valence-corrected chi connectivity index (χ2v) is 19.8. The molecule has 0 amide bonds. The number of carbonyl (C=O) groups is 2. The molecule has 0 aromatic heterocycles. The summed E-state index contributed by atoms with van der Waals surface area (Å²) >= 11 is 0. The highest BCUT2D eigenvalue weighted by Crippen LogP contribution is 2.27. The molecule has 402 valence electrons. The number of esters is 2. The fourth-order valence-corrected chi connectivity index (χ4v) is 9.04. The largest absolute Gasteiger partial charge is 0.462 e. The van der Waals surface area contributed by atoms with Crippen LogP contribution in [0, 0.1) is 0 Å². The van der Waals surface area contributed by atoms with Crippen LogP contribution in [-0.4, -0.2) is 142 Å². The Morgan fingerprint density at radius 3 is 1.15 bits per heavy atom. The van der Waals surface area contributed by atoms with Crippen molar-refractivity contribution in [1.82, 2.24) is 0 Å². The molecular formula is C53H100O15. The summed E-state index contributed by atoms with van der Waals surface area (Å²) < 4.78 is 33.7. The predicted molar refractivity (Wildman–Crippen MR) is 262 cm³/mol. The molecule has 0 spiro atoms. The molecule has 7 N–H and O–H groups in total. The minimum Gasteiger partial charge on any atom is -0.462 e. The van der Waals surface area contributed by atoms with Crippen LogP contribution in [0.15, 0.2) is 0 Å². The highest BCUT2D eigenvalue weighted by atomic mass is 16.7. The standard InChI is InChI=1S/C53H100O15/c1-3-5-7-9-11-13-15-17-19-21-23-25-27-29-31-33-35-44(55)63-38-41(66-45(56)36-34-32-30-28-26-24-22-20-18-16-14-12-10-8-6-4-2)39-64-52-51(62)49(60)47(58)43(68-52)40-65-53-50(61)48(59)46(57)42(37-54)67-53/h41-43,46-54,57-62H,3-40H2,1-2H3/t41-,42+,43+,46-,47-,48?,49?,50?,51?,52+,53+/m0/s1. The number of aliphatic hydroxyl groups excluding tert-OH is 7. The van der Waals surface area contributed by atoms with Crippen LogP contribution in [0.2, 0.25) is 0 Å². The summed E-state index contributed by atoms with van der Waals surface area (Å²) in [6.45, 7) is 2.64. The fourth-order valence-electron chi connectivity index (χ4n) is 9.04. The highest BCUT2D eigenvalue weighted by Gasteiger charge is 2.47. The molecule has 0 aromatic rings. The van der Waals surface area contributed by atoms with E-state index in [-0.39, 0.29) is 26.1 Å². The second kappa shape index (κ2) is 41.0. The number of ether oxygens (including phenoxy) is 6. The maximum atomic E-state index is 13.0. The number of unbranched alkanes of at least 4 members (excludes halogenated alkanes) is 30. The van der Waals surface area contributed by atoms with E-state index >= 15 is 0 Å². The lowest BCUT2D eigenvalue weighted by atomic mass is 9.98. The van der Waals surface area contributed by atoms with Gasteiger partial charge >= 0.3 is 11.9 Å². The average molecular weight is 977 g/mol. The normalized spacial score (nSPS) is 25.7. The summed E-state index contributed by atoms with van der Waals surface area (Å²) in [6, 6.07) is 0. The van der Waals surface area contributed by atoms with E-state index in [1.807, 2.05) is 0 Å². The van der Waals surface area contributed by atoms with Gasteiger partial charge < -0.3 is 64.2 Å². The number of carbonyl (C=O) groups excluding carboxylic acids is 2. The molecule has 0 bridgehead atoms. The maximum Gasteiger partial charge on any atom is 0.306 e. The molecule has 11 atom stereocenters. The number of aliphatic hydroxyl groups is 7. The van der Waals surface area contributed by atoms with E-state index in [1.165, 1.54) is 154 Å². The van der Waals surface area contributed by atoms with Crippen LogP contribution in [0.1, 0.15) is 232 Å². The Morgan fingerprint density at radius 1 is 0.412 bits per heavy atom. The second-order valence-electron chi connectivity index (χ2n) is 19.8. The summed E-state index contributed by atoms with van der Waals surface area (Å²) in [5.74, 6) is -0.906. The van der Waals surface area contributed by atoms with Crippen molar-refractivity contribution in [3.8, 4) is 0 Å². The topological polar surface area (TPSA) is 231 Å². The van der Waals surface area contributed by atoms with Crippen molar-refractivity contribution in [1.29, 1.82) is 0 Å². The summed E-state index contributed by atoms with van der Waals surface area (Å²) in [7, 11) is 0. The quantitative estimate of drug-likeness (QED) is 0.0225. The van der Waals surface area contributed by atoms with E-state index in [9.17, 15) is 45.3 Å². The van der Waals surface area contributed by atoms with Gasteiger partial charge in [-0.3, -0.25) is 9.59 Å². The number of hydrogen-bond donors (Lipinski definition) is 7. The van der Waals surface area contributed by atoms with Crippen LogP contribution < -0.4 is 0 Å². The molecule has 4 unspecified atom stereocenters. The van der Waals surface area contributed by atoms with E-state index in [2.05, 4.69) is 13.8 Å². The molecule has 0 aromatic carbocycles. The third kappa shape index (κ3) is 28.5. The van der Waals surface area contributed by atoms with Crippen molar-refractivity contribution in [2.45, 2.75) is 300 Å². The van der Waals surface area contributed by atoms with Crippen molar-refractivity contribution in [3.05, 3.63) is 0 Å². The maximum absolute atomic E-state index is 13.0. The van der Waals surface area contributed by atoms with Gasteiger partial charge in [0.25, 0.3) is 0 Å². The lowest BCUT2D eigenvalue weighted by molar-refractivity contribution is -0.332. The minimum atomic E-state index is -1.76. The van der Waals surface area contributed by atoms with E-state index in [0.29, 0.717) is 12.8 Å². The molecule has 15 nitrogen and oxygen atoms in total. The van der Waals surface area contributed by atoms with Crippen molar-refractivity contribution in [2.24, 2.45) is 0 Å². The molecule has 2 fully saturated rings. The first-order chi connectivity index (χ1) is 33.0. The van der Waals surface area contributed by atoms with Crippen molar-refractivity contribution < 1.29 is 73.8 Å². The van der Waals surface area contributed by atoms with Gasteiger partial charge in [0.2, 0.25) is 0 Å². The highest BCUT2D eigenvalue weighted by molar-refractivity contribution is 5.70. The van der Waals surface area contributed by atoms with Crippen molar-refractivity contribution >= 4 is 11.9 Å². The van der Waals surface area contributed by atoms with Crippen LogP contribution in [0.5, 0.6) is 0 Å². The lowest BCUT2D eigenvalue weighted by Crippen LogP contribution is -2.61. The Hall–Kier alpha value is -1.50. The molecular weight excluding hydrogens is 877 g/mol. The molecule has 2 heterocycles. The van der Waals surface area contributed by atoms with Gasteiger partial charge in [0.1, 0.15) is 55.4 Å². The zero-order valence-electron chi connectivity index (χ0n) is 42.6. The van der Waals surface area contributed by atoms with Gasteiger partial charge in [-0.1, -0.05) is 206 Å². The van der Waals surface area contributed by atoms with Gasteiger partial charge in [-0.2, -0.15) is 0 Å². The average Bonchev–Trinajstić information content (AvgIpc) is 3.33. The molecule has 0 saturated carbocycles. The van der Waals surface area contributed by atoms with Crippen LogP contribution in [0.25, 0.3) is 0 Å². The van der Waals surface area contributed by atoms with E-state index < -0.39 is 92.7 Å². The summed E-state index contributed by atoms with van der Waals surface area (Å²) in [6.07, 6.45) is 22.6. The molecule has 2 aliphatic rings. The zero-order chi connectivity index (χ0) is 49.6. The molecule has 2 rings (SSSR count). The Labute approximate surface area is 410 Å². The summed E-state index contributed by atoms with van der Waals surface area (Å²) in [5.41, 5.74) is 0. The smallest absolute Gasteiger partial charge is 0.306 e. The van der Waals surface area contributed by atoms with Crippen LogP contribution in [-0.2, 0) is 38.0 Å². The molecule has 68 heavy (non-hydrogen) atoms. The van der Waals surface area contributed by atoms with Crippen LogP contribution >= 0.6 is 0 Å². The van der Waals surface area contributed by atoms with Gasteiger partial charge in [0.15, 0.2) is 18.7 Å². The third-order valence-corrected chi connectivity index (χ3v) is 13.6. The monoisotopic (exact) mass is 977 g/mol. The molecule has 2 saturated heterocycles. The minimum absolute atomic E-state index is 0.174. The number of rotatable bonds is 44. The van der Waals surface area contributed by atoms with Gasteiger partial charge in [0.05, 0.1) is 19.8 Å². The Kier molecular flexibility index (Phi) is 37.8. The van der Waals surface area contributed by atoms with Crippen molar-refractivity contribution in [3.63, 3.8) is 0 Å². The fraction of sp³-hybridized carbons (Fsp3) is 0.962. The first-order valence-electron chi connectivity index (χ1n) is 27.6. The van der Waals surface area contributed by atoms with E-state index in [4.69, 9.17) is 28.4 Å².